The minimum Gasteiger partial charge on any atom is -0.370 e. The number of para-hydroxylation sites is 1. The molecule has 2 aromatic carbocycles. The van der Waals surface area contributed by atoms with Crippen LogP contribution in [0.15, 0.2) is 48.5 Å². The average Bonchev–Trinajstić information content (AvgIpc) is 2.77. The molecule has 0 saturated carbocycles. The first kappa shape index (κ1) is 20.5. The Balaban J connectivity index is 1.55. The number of hydrogen-bond acceptors (Lipinski definition) is 4. The van der Waals surface area contributed by atoms with Gasteiger partial charge >= 0.3 is 0 Å². The Hall–Kier alpha value is -3.21. The van der Waals surface area contributed by atoms with E-state index in [1.54, 1.807) is 48.5 Å². The number of hydrogen-bond donors (Lipinski definition) is 3. The van der Waals surface area contributed by atoms with Crippen LogP contribution in [-0.2, 0) is 4.74 Å². The van der Waals surface area contributed by atoms with Gasteiger partial charge in [-0.2, -0.15) is 5.26 Å². The van der Waals surface area contributed by atoms with E-state index in [2.05, 4.69) is 10.6 Å². The summed E-state index contributed by atoms with van der Waals surface area (Å²) in [5.41, 5.74) is 1.79. The summed E-state index contributed by atoms with van der Waals surface area (Å²) in [5, 5.41) is 14.6. The van der Waals surface area contributed by atoms with E-state index in [1.807, 2.05) is 6.07 Å². The van der Waals surface area contributed by atoms with Gasteiger partial charge in [0, 0.05) is 18.5 Å². The first-order valence-corrected chi connectivity index (χ1v) is 9.77. The number of morpholine rings is 1. The van der Waals surface area contributed by atoms with Crippen LogP contribution in [0, 0.1) is 11.3 Å². The first-order chi connectivity index (χ1) is 14.2. The highest BCUT2D eigenvalue weighted by Crippen LogP contribution is 2.16. The number of carbonyl (C=O) groups is 2. The molecule has 0 atom stereocenters. The van der Waals surface area contributed by atoms with Gasteiger partial charge in [0.1, 0.15) is 13.1 Å². The highest BCUT2D eigenvalue weighted by molar-refractivity contribution is 6.09. The van der Waals surface area contributed by atoms with Crippen molar-refractivity contribution in [1.82, 2.24) is 5.32 Å². The predicted molar refractivity (Wildman–Crippen MR) is 109 cm³/mol. The van der Waals surface area contributed by atoms with Crippen molar-refractivity contribution in [2.45, 2.75) is 6.42 Å². The zero-order valence-corrected chi connectivity index (χ0v) is 16.2. The van der Waals surface area contributed by atoms with E-state index in [9.17, 15) is 9.59 Å². The normalized spacial score (nSPS) is 14.0. The van der Waals surface area contributed by atoms with Crippen LogP contribution in [0.4, 0.5) is 5.69 Å². The topological polar surface area (TPSA) is 95.7 Å². The number of nitriles is 1. The predicted octanol–water partition coefficient (Wildman–Crippen LogP) is 0.846. The number of nitrogens with zero attached hydrogens (tertiary/aromatic N) is 1. The van der Waals surface area contributed by atoms with Crippen LogP contribution in [0.2, 0.25) is 0 Å². The Bertz CT molecular complexity index is 884. The molecule has 0 radical (unpaired) electrons. The van der Waals surface area contributed by atoms with Gasteiger partial charge in [-0.25, -0.2) is 0 Å². The van der Waals surface area contributed by atoms with E-state index in [-0.39, 0.29) is 11.8 Å². The molecule has 1 fully saturated rings. The molecule has 2 amide bonds. The standard InChI is InChI=1S/C22H24N4O3/c23-16-17-6-8-18(9-7-17)21(27)25-20-5-2-1-4-19(20)22(28)24-10-3-11-26-12-14-29-15-13-26/h1-2,4-9H,3,10-15H2,(H,24,28)(H,25,27)/p+1. The van der Waals surface area contributed by atoms with Crippen LogP contribution >= 0.6 is 0 Å². The molecule has 7 nitrogen and oxygen atoms in total. The summed E-state index contributed by atoms with van der Waals surface area (Å²) in [4.78, 5) is 26.6. The lowest BCUT2D eigenvalue weighted by Gasteiger charge is -2.23. The molecule has 0 aliphatic carbocycles. The Morgan fingerprint density at radius 2 is 1.76 bits per heavy atom. The lowest BCUT2D eigenvalue weighted by Crippen LogP contribution is -3.14. The van der Waals surface area contributed by atoms with Crippen molar-refractivity contribution < 1.29 is 19.2 Å². The maximum atomic E-state index is 12.6. The Labute approximate surface area is 170 Å². The molecule has 150 valence electrons. The summed E-state index contributed by atoms with van der Waals surface area (Å²) in [6.07, 6.45) is 0.890. The van der Waals surface area contributed by atoms with Crippen LogP contribution in [-0.4, -0.2) is 51.2 Å². The third-order valence-corrected chi connectivity index (χ3v) is 4.89. The van der Waals surface area contributed by atoms with E-state index >= 15 is 0 Å². The summed E-state index contributed by atoms with van der Waals surface area (Å²) >= 11 is 0. The molecule has 0 spiro atoms. The van der Waals surface area contributed by atoms with Gasteiger partial charge in [0.15, 0.2) is 0 Å². The van der Waals surface area contributed by atoms with Crippen LogP contribution < -0.4 is 15.5 Å². The molecule has 1 heterocycles. The van der Waals surface area contributed by atoms with Gasteiger partial charge in [0.25, 0.3) is 11.8 Å². The zero-order chi connectivity index (χ0) is 20.5. The summed E-state index contributed by atoms with van der Waals surface area (Å²) in [6, 6.07) is 15.3. The highest BCUT2D eigenvalue weighted by atomic mass is 16.5. The van der Waals surface area contributed by atoms with Crippen molar-refractivity contribution in [3.8, 4) is 6.07 Å². The number of amides is 2. The third-order valence-electron chi connectivity index (χ3n) is 4.89. The van der Waals surface area contributed by atoms with Gasteiger partial charge in [0.05, 0.1) is 42.6 Å². The summed E-state index contributed by atoms with van der Waals surface area (Å²) in [5.74, 6) is -0.539. The van der Waals surface area contributed by atoms with E-state index in [4.69, 9.17) is 10.00 Å². The molecule has 7 heteroatoms. The number of carbonyl (C=O) groups excluding carboxylic acids is 2. The molecule has 0 bridgehead atoms. The Kier molecular flexibility index (Phi) is 7.34. The van der Waals surface area contributed by atoms with Crippen molar-refractivity contribution in [2.24, 2.45) is 0 Å². The summed E-state index contributed by atoms with van der Waals surface area (Å²) in [7, 11) is 0. The van der Waals surface area contributed by atoms with Gasteiger partial charge in [-0.15, -0.1) is 0 Å². The molecular weight excluding hydrogens is 368 g/mol. The molecule has 1 saturated heterocycles. The molecular formula is C22H25N4O3+. The van der Waals surface area contributed by atoms with E-state index in [1.165, 1.54) is 4.90 Å². The SMILES string of the molecule is N#Cc1ccc(C(=O)Nc2ccccc2C(=O)NCCC[NH+]2CCOCC2)cc1. The number of rotatable bonds is 7. The number of quaternary nitrogens is 1. The molecule has 1 aliphatic heterocycles. The molecule has 1 aliphatic rings. The fraction of sp³-hybridized carbons (Fsp3) is 0.318. The summed E-state index contributed by atoms with van der Waals surface area (Å²) < 4.78 is 5.35. The van der Waals surface area contributed by atoms with E-state index < -0.39 is 0 Å². The smallest absolute Gasteiger partial charge is 0.255 e. The van der Waals surface area contributed by atoms with Gasteiger partial charge in [-0.3, -0.25) is 9.59 Å². The molecule has 0 aromatic heterocycles. The van der Waals surface area contributed by atoms with Crippen LogP contribution in [0.5, 0.6) is 0 Å². The molecule has 2 aromatic rings. The van der Waals surface area contributed by atoms with E-state index in [0.29, 0.717) is 28.9 Å². The largest absolute Gasteiger partial charge is 0.370 e. The maximum absolute atomic E-state index is 12.6. The fourth-order valence-electron chi connectivity index (χ4n) is 3.23. The van der Waals surface area contributed by atoms with Crippen LogP contribution in [0.25, 0.3) is 0 Å². The van der Waals surface area contributed by atoms with E-state index in [0.717, 1.165) is 39.3 Å². The average molecular weight is 393 g/mol. The quantitative estimate of drug-likeness (QED) is 0.608. The third kappa shape index (κ3) is 5.88. The van der Waals surface area contributed by atoms with Gasteiger partial charge in [-0.1, -0.05) is 12.1 Å². The summed E-state index contributed by atoms with van der Waals surface area (Å²) in [6.45, 7) is 5.21. The van der Waals surface area contributed by atoms with Gasteiger partial charge in [0.2, 0.25) is 0 Å². The molecule has 3 N–H and O–H groups in total. The Morgan fingerprint density at radius 1 is 1.03 bits per heavy atom. The van der Waals surface area contributed by atoms with Crippen LogP contribution in [0.3, 0.4) is 0 Å². The second kappa shape index (κ2) is 10.4. The maximum Gasteiger partial charge on any atom is 0.255 e. The van der Waals surface area contributed by atoms with Crippen molar-refractivity contribution in [2.75, 3.05) is 44.7 Å². The molecule has 3 rings (SSSR count). The lowest BCUT2D eigenvalue weighted by atomic mass is 10.1. The van der Waals surface area contributed by atoms with Crippen molar-refractivity contribution >= 4 is 17.5 Å². The number of benzene rings is 2. The monoisotopic (exact) mass is 393 g/mol. The number of ether oxygens (including phenoxy) is 1. The van der Waals surface area contributed by atoms with Gasteiger partial charge < -0.3 is 20.3 Å². The number of nitrogens with one attached hydrogen (secondary N) is 3. The highest BCUT2D eigenvalue weighted by Gasteiger charge is 2.15. The first-order valence-electron chi connectivity index (χ1n) is 9.77. The second-order valence-electron chi connectivity index (χ2n) is 6.91. The minimum atomic E-state index is -0.328. The molecule has 0 unspecified atom stereocenters. The fourth-order valence-corrected chi connectivity index (χ4v) is 3.23. The van der Waals surface area contributed by atoms with Crippen LogP contribution in [0.1, 0.15) is 32.7 Å². The number of anilines is 1. The molecule has 29 heavy (non-hydrogen) atoms. The lowest BCUT2D eigenvalue weighted by molar-refractivity contribution is -0.908. The van der Waals surface area contributed by atoms with Crippen molar-refractivity contribution in [3.63, 3.8) is 0 Å². The Morgan fingerprint density at radius 3 is 2.48 bits per heavy atom. The van der Waals surface area contributed by atoms with Crippen molar-refractivity contribution in [3.05, 3.63) is 65.2 Å². The zero-order valence-electron chi connectivity index (χ0n) is 16.2. The van der Waals surface area contributed by atoms with Crippen molar-refractivity contribution in [1.29, 1.82) is 5.26 Å². The second-order valence-corrected chi connectivity index (χ2v) is 6.91. The van der Waals surface area contributed by atoms with Gasteiger partial charge in [-0.05, 0) is 36.4 Å². The minimum absolute atomic E-state index is 0.210.